The van der Waals surface area contributed by atoms with E-state index in [-0.39, 0.29) is 29.6 Å². The number of carbonyl (C=O) groups is 2. The highest BCUT2D eigenvalue weighted by Crippen LogP contribution is 2.33. The van der Waals surface area contributed by atoms with Gasteiger partial charge < -0.3 is 16.0 Å². The fourth-order valence-corrected chi connectivity index (χ4v) is 4.45. The fourth-order valence-electron chi connectivity index (χ4n) is 4.45. The molecule has 1 aliphatic heterocycles. The molecule has 6 heteroatoms. The molecule has 1 heterocycles. The molecule has 2 amide bonds. The van der Waals surface area contributed by atoms with E-state index in [0.717, 1.165) is 16.7 Å². The summed E-state index contributed by atoms with van der Waals surface area (Å²) in [6.45, 7) is 1.99. The van der Waals surface area contributed by atoms with Gasteiger partial charge in [0, 0.05) is 12.5 Å². The minimum atomic E-state index is -0.716. The molecule has 4 rings (SSSR count). The van der Waals surface area contributed by atoms with Crippen molar-refractivity contribution in [3.8, 4) is 0 Å². The molecule has 0 unspecified atom stereocenters. The first-order valence-electron chi connectivity index (χ1n) is 11.2. The number of amides is 2. The van der Waals surface area contributed by atoms with Crippen LogP contribution in [0.4, 0.5) is 4.39 Å². The van der Waals surface area contributed by atoms with Crippen molar-refractivity contribution in [1.82, 2.24) is 10.2 Å². The highest BCUT2D eigenvalue weighted by molar-refractivity contribution is 5.90. The van der Waals surface area contributed by atoms with Gasteiger partial charge in [-0.05, 0) is 42.2 Å². The van der Waals surface area contributed by atoms with Gasteiger partial charge in [-0.25, -0.2) is 4.39 Å². The molecule has 0 radical (unpaired) electrons. The predicted octanol–water partition coefficient (Wildman–Crippen LogP) is 3.76. The first-order chi connectivity index (χ1) is 15.9. The maximum Gasteiger partial charge on any atom is 0.243 e. The second kappa shape index (κ2) is 9.96. The Morgan fingerprint density at radius 1 is 0.939 bits per heavy atom. The van der Waals surface area contributed by atoms with Crippen LogP contribution in [0.5, 0.6) is 0 Å². The highest BCUT2D eigenvalue weighted by atomic mass is 19.1. The smallest absolute Gasteiger partial charge is 0.243 e. The van der Waals surface area contributed by atoms with E-state index >= 15 is 0 Å². The minimum Gasteiger partial charge on any atom is -0.343 e. The largest absolute Gasteiger partial charge is 0.343 e. The quantitative estimate of drug-likeness (QED) is 0.607. The van der Waals surface area contributed by atoms with Crippen LogP contribution in [0.3, 0.4) is 0 Å². The molecule has 0 aromatic heterocycles. The SMILES string of the molecule is C[C@H](N)C(=O)N1C[C@@H](c2ccc(F)cc2)C[C@@H]1C(=O)NC(c1ccccc1)c1ccccc1. The number of hydrogen-bond donors (Lipinski definition) is 2. The predicted molar refractivity (Wildman–Crippen MR) is 126 cm³/mol. The third-order valence-corrected chi connectivity index (χ3v) is 6.17. The molecule has 3 atom stereocenters. The Labute approximate surface area is 193 Å². The average Bonchev–Trinajstić information content (AvgIpc) is 3.29. The van der Waals surface area contributed by atoms with Crippen LogP contribution < -0.4 is 11.1 Å². The molecule has 3 N–H and O–H groups in total. The number of halogens is 1. The number of carbonyl (C=O) groups excluding carboxylic acids is 2. The summed E-state index contributed by atoms with van der Waals surface area (Å²) in [6, 6.07) is 24.0. The normalized spacial score (nSPS) is 18.8. The molecule has 0 aliphatic carbocycles. The lowest BCUT2D eigenvalue weighted by Crippen LogP contribution is -2.51. The van der Waals surface area contributed by atoms with Crippen molar-refractivity contribution in [2.24, 2.45) is 5.73 Å². The standard InChI is InChI=1S/C27H28FN3O2/c1-18(29)27(33)31-17-22(19-12-14-23(28)15-13-19)16-24(31)26(32)30-25(20-8-4-2-5-9-20)21-10-6-3-7-11-21/h2-15,18,22,24-25H,16-17,29H2,1H3,(H,30,32)/t18-,22-,24+/m0/s1. The molecule has 3 aromatic rings. The van der Waals surface area contributed by atoms with Crippen molar-refractivity contribution >= 4 is 11.8 Å². The minimum absolute atomic E-state index is 0.0732. The Morgan fingerprint density at radius 2 is 1.48 bits per heavy atom. The zero-order chi connectivity index (χ0) is 23.4. The number of nitrogens with one attached hydrogen (secondary N) is 1. The van der Waals surface area contributed by atoms with E-state index < -0.39 is 12.1 Å². The van der Waals surface area contributed by atoms with Gasteiger partial charge in [-0.3, -0.25) is 9.59 Å². The van der Waals surface area contributed by atoms with Crippen LogP contribution in [0.25, 0.3) is 0 Å². The van der Waals surface area contributed by atoms with Gasteiger partial charge in [-0.1, -0.05) is 72.8 Å². The van der Waals surface area contributed by atoms with Crippen LogP contribution in [-0.2, 0) is 9.59 Å². The Bertz CT molecular complexity index is 1050. The van der Waals surface area contributed by atoms with E-state index in [2.05, 4.69) is 5.32 Å². The molecule has 3 aromatic carbocycles. The zero-order valence-electron chi connectivity index (χ0n) is 18.5. The number of benzene rings is 3. The van der Waals surface area contributed by atoms with E-state index in [1.165, 1.54) is 12.1 Å². The summed E-state index contributed by atoms with van der Waals surface area (Å²) in [6.07, 6.45) is 0.451. The van der Waals surface area contributed by atoms with Gasteiger partial charge >= 0.3 is 0 Å². The molecular formula is C27H28FN3O2. The van der Waals surface area contributed by atoms with Crippen molar-refractivity contribution in [2.75, 3.05) is 6.54 Å². The van der Waals surface area contributed by atoms with Crippen LogP contribution >= 0.6 is 0 Å². The van der Waals surface area contributed by atoms with Crippen LogP contribution in [0.2, 0.25) is 0 Å². The third-order valence-electron chi connectivity index (χ3n) is 6.17. The maximum atomic E-state index is 13.6. The number of rotatable bonds is 6. The number of likely N-dealkylation sites (tertiary alicyclic amines) is 1. The summed E-state index contributed by atoms with van der Waals surface area (Å²) in [4.78, 5) is 28.0. The van der Waals surface area contributed by atoms with Crippen molar-refractivity contribution in [2.45, 2.75) is 37.4 Å². The van der Waals surface area contributed by atoms with Crippen LogP contribution in [0.15, 0.2) is 84.9 Å². The molecule has 0 bridgehead atoms. The third kappa shape index (κ3) is 5.12. The summed E-state index contributed by atoms with van der Waals surface area (Å²) < 4.78 is 13.4. The maximum absolute atomic E-state index is 13.6. The second-order valence-corrected chi connectivity index (χ2v) is 8.54. The van der Waals surface area contributed by atoms with E-state index in [1.807, 2.05) is 60.7 Å². The summed E-state index contributed by atoms with van der Waals surface area (Å²) in [5.74, 6) is -0.888. The molecule has 1 saturated heterocycles. The topological polar surface area (TPSA) is 75.4 Å². The number of nitrogens with zero attached hydrogens (tertiary/aromatic N) is 1. The Balaban J connectivity index is 1.61. The number of hydrogen-bond acceptors (Lipinski definition) is 3. The fraction of sp³-hybridized carbons (Fsp3) is 0.259. The average molecular weight is 446 g/mol. The van der Waals surface area contributed by atoms with Gasteiger partial charge in [0.05, 0.1) is 12.1 Å². The molecule has 33 heavy (non-hydrogen) atoms. The molecule has 0 spiro atoms. The molecule has 0 saturated carbocycles. The van der Waals surface area contributed by atoms with E-state index in [1.54, 1.807) is 24.0 Å². The molecule has 5 nitrogen and oxygen atoms in total. The molecule has 170 valence electrons. The van der Waals surface area contributed by atoms with Gasteiger partial charge in [-0.2, -0.15) is 0 Å². The van der Waals surface area contributed by atoms with Gasteiger partial charge in [0.15, 0.2) is 0 Å². The molecular weight excluding hydrogens is 417 g/mol. The Kier molecular flexibility index (Phi) is 6.84. The van der Waals surface area contributed by atoms with Crippen LogP contribution in [0.1, 0.15) is 42.0 Å². The summed E-state index contributed by atoms with van der Waals surface area (Å²) in [5.41, 5.74) is 8.70. The van der Waals surface area contributed by atoms with E-state index in [4.69, 9.17) is 5.73 Å². The lowest BCUT2D eigenvalue weighted by atomic mass is 9.95. The second-order valence-electron chi connectivity index (χ2n) is 8.54. The van der Waals surface area contributed by atoms with E-state index in [0.29, 0.717) is 13.0 Å². The monoisotopic (exact) mass is 445 g/mol. The van der Waals surface area contributed by atoms with Crippen molar-refractivity contribution < 1.29 is 14.0 Å². The van der Waals surface area contributed by atoms with Crippen molar-refractivity contribution in [1.29, 1.82) is 0 Å². The highest BCUT2D eigenvalue weighted by Gasteiger charge is 2.41. The zero-order valence-corrected chi connectivity index (χ0v) is 18.5. The molecule has 1 aliphatic rings. The van der Waals surface area contributed by atoms with Crippen LogP contribution in [-0.4, -0.2) is 35.3 Å². The van der Waals surface area contributed by atoms with Gasteiger partial charge in [0.1, 0.15) is 11.9 Å². The van der Waals surface area contributed by atoms with Gasteiger partial charge in [0.2, 0.25) is 11.8 Å². The van der Waals surface area contributed by atoms with Crippen LogP contribution in [0, 0.1) is 5.82 Å². The van der Waals surface area contributed by atoms with Crippen molar-refractivity contribution in [3.63, 3.8) is 0 Å². The van der Waals surface area contributed by atoms with Gasteiger partial charge in [0.25, 0.3) is 0 Å². The van der Waals surface area contributed by atoms with Crippen molar-refractivity contribution in [3.05, 3.63) is 107 Å². The first-order valence-corrected chi connectivity index (χ1v) is 11.2. The van der Waals surface area contributed by atoms with E-state index in [9.17, 15) is 14.0 Å². The Morgan fingerprint density at radius 3 is 2.00 bits per heavy atom. The molecule has 1 fully saturated rings. The summed E-state index contributed by atoms with van der Waals surface area (Å²) in [7, 11) is 0. The number of nitrogens with two attached hydrogens (primary N) is 1. The lowest BCUT2D eigenvalue weighted by molar-refractivity contribution is -0.139. The lowest BCUT2D eigenvalue weighted by Gasteiger charge is -2.28. The Hall–Kier alpha value is -3.51. The first kappa shape index (κ1) is 22.7. The summed E-state index contributed by atoms with van der Waals surface area (Å²) >= 11 is 0. The summed E-state index contributed by atoms with van der Waals surface area (Å²) in [5, 5.41) is 3.16. The van der Waals surface area contributed by atoms with Gasteiger partial charge in [-0.15, -0.1) is 0 Å².